The normalized spacial score (nSPS) is 12.0. The third-order valence-electron chi connectivity index (χ3n) is 6.04. The molecule has 1 N–H and O–H groups in total. The molecule has 0 aliphatic rings. The first-order chi connectivity index (χ1) is 16.7. The molecule has 5 heteroatoms. The number of nitrogens with zero attached hydrogens (tertiary/aromatic N) is 1. The molecule has 1 atom stereocenters. The zero-order valence-electron chi connectivity index (χ0n) is 21.4. The molecule has 0 saturated carbocycles. The highest BCUT2D eigenvalue weighted by atomic mass is 16.5. The van der Waals surface area contributed by atoms with Crippen LogP contribution < -0.4 is 10.1 Å². The Morgan fingerprint density at radius 3 is 2.14 bits per heavy atom. The van der Waals surface area contributed by atoms with E-state index in [0.717, 1.165) is 22.3 Å². The van der Waals surface area contributed by atoms with Crippen molar-refractivity contribution in [2.75, 3.05) is 13.7 Å². The van der Waals surface area contributed by atoms with Gasteiger partial charge in [-0.05, 0) is 35.1 Å². The van der Waals surface area contributed by atoms with E-state index in [1.165, 1.54) is 0 Å². The van der Waals surface area contributed by atoms with Gasteiger partial charge in [0.05, 0.1) is 0 Å². The van der Waals surface area contributed by atoms with E-state index >= 15 is 0 Å². The van der Waals surface area contributed by atoms with Crippen molar-refractivity contribution in [2.24, 2.45) is 0 Å². The topological polar surface area (TPSA) is 58.6 Å². The van der Waals surface area contributed by atoms with Crippen molar-refractivity contribution < 1.29 is 14.3 Å². The van der Waals surface area contributed by atoms with Crippen molar-refractivity contribution in [3.05, 3.63) is 101 Å². The average Bonchev–Trinajstić information content (AvgIpc) is 2.85. The standard InChI is InChI=1S/C30H36N2O3/c1-22-15-17-24(18-16-22)20-32(26(29(34)31-5)19-23-11-7-6-8-12-23)28(33)21-35-27-14-10-9-13-25(27)30(2,3)4/h6-18,26H,19-21H2,1-5H3,(H,31,34)/t26-/m1/s1. The van der Waals surface area contributed by atoms with Crippen LogP contribution >= 0.6 is 0 Å². The van der Waals surface area contributed by atoms with Crippen LogP contribution in [0.2, 0.25) is 0 Å². The van der Waals surface area contributed by atoms with Gasteiger partial charge in [-0.1, -0.05) is 99.1 Å². The van der Waals surface area contributed by atoms with Gasteiger partial charge in [-0.15, -0.1) is 0 Å². The first-order valence-electron chi connectivity index (χ1n) is 12.0. The molecule has 2 amide bonds. The summed E-state index contributed by atoms with van der Waals surface area (Å²) in [6.45, 7) is 8.53. The second kappa shape index (κ2) is 11.7. The summed E-state index contributed by atoms with van der Waals surface area (Å²) in [6.07, 6.45) is 0.413. The summed E-state index contributed by atoms with van der Waals surface area (Å²) in [7, 11) is 1.60. The SMILES string of the molecule is CNC(=O)[C@@H](Cc1ccccc1)N(Cc1ccc(C)cc1)C(=O)COc1ccccc1C(C)(C)C. The van der Waals surface area contributed by atoms with Crippen LogP contribution in [0.5, 0.6) is 5.75 Å². The van der Waals surface area contributed by atoms with Crippen molar-refractivity contribution in [2.45, 2.75) is 52.1 Å². The van der Waals surface area contributed by atoms with Gasteiger partial charge in [0, 0.05) is 20.0 Å². The van der Waals surface area contributed by atoms with Gasteiger partial charge < -0.3 is 15.0 Å². The molecule has 0 fully saturated rings. The highest BCUT2D eigenvalue weighted by Crippen LogP contribution is 2.31. The highest BCUT2D eigenvalue weighted by Gasteiger charge is 2.30. The molecule has 0 aliphatic heterocycles. The summed E-state index contributed by atoms with van der Waals surface area (Å²) in [5, 5.41) is 2.74. The Bertz CT molecular complexity index is 1120. The molecule has 0 bridgehead atoms. The molecule has 184 valence electrons. The Labute approximate surface area is 209 Å². The van der Waals surface area contributed by atoms with Crippen molar-refractivity contribution in [3.8, 4) is 5.75 Å². The Hall–Kier alpha value is -3.60. The fourth-order valence-corrected chi connectivity index (χ4v) is 4.05. The Kier molecular flexibility index (Phi) is 8.69. The van der Waals surface area contributed by atoms with Gasteiger partial charge >= 0.3 is 0 Å². The molecule has 35 heavy (non-hydrogen) atoms. The van der Waals surface area contributed by atoms with E-state index in [4.69, 9.17) is 4.74 Å². The van der Waals surface area contributed by atoms with E-state index in [1.807, 2.05) is 85.8 Å². The number of aryl methyl sites for hydroxylation is 1. The largest absolute Gasteiger partial charge is 0.483 e. The number of para-hydroxylation sites is 1. The van der Waals surface area contributed by atoms with E-state index < -0.39 is 6.04 Å². The minimum atomic E-state index is -0.669. The second-order valence-electron chi connectivity index (χ2n) is 9.86. The number of carbonyl (C=O) groups excluding carboxylic acids is 2. The van der Waals surface area contributed by atoms with Gasteiger partial charge in [-0.3, -0.25) is 9.59 Å². The summed E-state index contributed by atoms with van der Waals surface area (Å²) >= 11 is 0. The molecule has 0 unspecified atom stereocenters. The van der Waals surface area contributed by atoms with Crippen molar-refractivity contribution in [1.82, 2.24) is 10.2 Å². The van der Waals surface area contributed by atoms with Gasteiger partial charge in [0.15, 0.2) is 6.61 Å². The first-order valence-corrected chi connectivity index (χ1v) is 12.0. The van der Waals surface area contributed by atoms with Crippen molar-refractivity contribution in [1.29, 1.82) is 0 Å². The number of hydrogen-bond donors (Lipinski definition) is 1. The Morgan fingerprint density at radius 2 is 1.51 bits per heavy atom. The molecule has 0 aliphatic carbocycles. The maximum absolute atomic E-state index is 13.6. The fourth-order valence-electron chi connectivity index (χ4n) is 4.05. The van der Waals surface area contributed by atoms with Gasteiger partial charge in [0.1, 0.15) is 11.8 Å². The van der Waals surface area contributed by atoms with Crippen LogP contribution in [0.15, 0.2) is 78.9 Å². The number of nitrogens with one attached hydrogen (secondary N) is 1. The van der Waals surface area contributed by atoms with Crippen LogP contribution in [0, 0.1) is 6.92 Å². The first kappa shape index (κ1) is 26.0. The zero-order chi connectivity index (χ0) is 25.4. The lowest BCUT2D eigenvalue weighted by molar-refractivity contribution is -0.142. The molecule has 3 aromatic rings. The van der Waals surface area contributed by atoms with Crippen LogP contribution in [0.3, 0.4) is 0 Å². The summed E-state index contributed by atoms with van der Waals surface area (Å²) in [6, 6.07) is 24.9. The number of hydrogen-bond acceptors (Lipinski definition) is 3. The fraction of sp³-hybridized carbons (Fsp3) is 0.333. The zero-order valence-corrected chi connectivity index (χ0v) is 21.4. The van der Waals surface area contributed by atoms with E-state index in [-0.39, 0.29) is 23.8 Å². The van der Waals surface area contributed by atoms with Crippen molar-refractivity contribution >= 4 is 11.8 Å². The summed E-state index contributed by atoms with van der Waals surface area (Å²) in [5.41, 5.74) is 3.99. The molecular formula is C30H36N2O3. The lowest BCUT2D eigenvalue weighted by atomic mass is 9.86. The lowest BCUT2D eigenvalue weighted by Gasteiger charge is -2.31. The number of rotatable bonds is 9. The van der Waals surface area contributed by atoms with Crippen LogP contribution in [0.4, 0.5) is 0 Å². The summed E-state index contributed by atoms with van der Waals surface area (Å²) in [4.78, 5) is 28.3. The van der Waals surface area contributed by atoms with Crippen LogP contribution in [0.1, 0.15) is 43.0 Å². The van der Waals surface area contributed by atoms with E-state index in [0.29, 0.717) is 18.7 Å². The van der Waals surface area contributed by atoms with Crippen LogP contribution in [-0.2, 0) is 28.0 Å². The number of likely N-dealkylation sites (N-methyl/N-ethyl adjacent to an activating group) is 1. The van der Waals surface area contributed by atoms with Crippen molar-refractivity contribution in [3.63, 3.8) is 0 Å². The molecule has 3 aromatic carbocycles. The van der Waals surface area contributed by atoms with Gasteiger partial charge in [-0.25, -0.2) is 0 Å². The van der Waals surface area contributed by atoms with E-state index in [2.05, 4.69) is 26.1 Å². The minimum absolute atomic E-state index is 0.126. The van der Waals surface area contributed by atoms with Gasteiger partial charge in [0.2, 0.25) is 5.91 Å². The molecule has 3 rings (SSSR count). The quantitative estimate of drug-likeness (QED) is 0.474. The summed E-state index contributed by atoms with van der Waals surface area (Å²) in [5.74, 6) is 0.242. The molecule has 0 saturated heterocycles. The molecule has 0 heterocycles. The number of carbonyl (C=O) groups is 2. The Morgan fingerprint density at radius 1 is 0.886 bits per heavy atom. The van der Waals surface area contributed by atoms with E-state index in [9.17, 15) is 9.59 Å². The van der Waals surface area contributed by atoms with Crippen LogP contribution in [0.25, 0.3) is 0 Å². The molecule has 0 spiro atoms. The van der Waals surface area contributed by atoms with Crippen LogP contribution in [-0.4, -0.2) is 36.4 Å². The number of ether oxygens (including phenoxy) is 1. The monoisotopic (exact) mass is 472 g/mol. The second-order valence-corrected chi connectivity index (χ2v) is 9.86. The van der Waals surface area contributed by atoms with E-state index in [1.54, 1.807) is 11.9 Å². The maximum atomic E-state index is 13.6. The Balaban J connectivity index is 1.90. The molecular weight excluding hydrogens is 436 g/mol. The lowest BCUT2D eigenvalue weighted by Crippen LogP contribution is -2.51. The smallest absolute Gasteiger partial charge is 0.261 e. The minimum Gasteiger partial charge on any atom is -0.483 e. The number of amides is 2. The third-order valence-corrected chi connectivity index (χ3v) is 6.04. The molecule has 0 aromatic heterocycles. The highest BCUT2D eigenvalue weighted by molar-refractivity contribution is 5.88. The predicted octanol–water partition coefficient (Wildman–Crippen LogP) is 5.06. The molecule has 0 radical (unpaired) electrons. The average molecular weight is 473 g/mol. The third kappa shape index (κ3) is 7.19. The maximum Gasteiger partial charge on any atom is 0.261 e. The summed E-state index contributed by atoms with van der Waals surface area (Å²) < 4.78 is 6.05. The molecule has 5 nitrogen and oxygen atoms in total. The van der Waals surface area contributed by atoms with Gasteiger partial charge in [0.25, 0.3) is 5.91 Å². The van der Waals surface area contributed by atoms with Gasteiger partial charge in [-0.2, -0.15) is 0 Å². The number of benzene rings is 3. The predicted molar refractivity (Wildman–Crippen MR) is 140 cm³/mol.